The zero-order chi connectivity index (χ0) is 55.5. The molecule has 1 saturated heterocycles. The van der Waals surface area contributed by atoms with Gasteiger partial charge in [0.15, 0.2) is 0 Å². The highest BCUT2D eigenvalue weighted by molar-refractivity contribution is 5.78. The number of alkyl halides is 2. The maximum absolute atomic E-state index is 12.4. The van der Waals surface area contributed by atoms with E-state index in [0.29, 0.717) is 149 Å². The number of nitrogens with zero attached hydrogens (tertiary/aromatic N) is 6. The number of rotatable bonds is 42. The largest absolute Gasteiger partial charge is 0.494 e. The predicted octanol–water partition coefficient (Wildman–Crippen LogP) is 9.44. The average molecular weight is 1100 g/mol. The number of nitrogens with one attached hydrogen (secondary N) is 1. The second-order valence-electron chi connectivity index (χ2n) is 20.5. The number of carbonyl (C=O) groups is 1. The van der Waals surface area contributed by atoms with Crippen molar-refractivity contribution in [3.63, 3.8) is 0 Å². The number of halogens is 2. The minimum Gasteiger partial charge on any atom is -0.494 e. The minimum atomic E-state index is -2.50. The van der Waals surface area contributed by atoms with Crippen molar-refractivity contribution < 1.29 is 56.2 Å². The number of hydrogen-bond acceptors (Lipinski definition) is 15. The highest BCUT2D eigenvalue weighted by Crippen LogP contribution is 2.36. The summed E-state index contributed by atoms with van der Waals surface area (Å²) in [5.41, 5.74) is 4.51. The van der Waals surface area contributed by atoms with E-state index in [9.17, 15) is 13.6 Å². The van der Waals surface area contributed by atoms with Gasteiger partial charge in [-0.25, -0.2) is 18.4 Å². The third-order valence-electron chi connectivity index (χ3n) is 14.4. The van der Waals surface area contributed by atoms with E-state index in [1.54, 1.807) is 0 Å². The second-order valence-corrected chi connectivity index (χ2v) is 20.5. The van der Waals surface area contributed by atoms with Gasteiger partial charge in [-0.15, -0.1) is 5.10 Å². The molecule has 4 aromatic rings. The van der Waals surface area contributed by atoms with Gasteiger partial charge in [0.25, 0.3) is 0 Å². The Balaban J connectivity index is 0.00000100. The summed E-state index contributed by atoms with van der Waals surface area (Å²) in [6.07, 6.45) is 13.0. The molecule has 0 radical (unpaired) electrons. The fourth-order valence-corrected chi connectivity index (χ4v) is 9.97. The molecule has 4 unspecified atom stereocenters. The summed E-state index contributed by atoms with van der Waals surface area (Å²) in [5, 5.41) is 12.2. The summed E-state index contributed by atoms with van der Waals surface area (Å²) in [4.78, 5) is 17.9. The molecular formula is C59H95F2N7O10. The van der Waals surface area contributed by atoms with Gasteiger partial charge in [0, 0.05) is 68.3 Å². The molecule has 78 heavy (non-hydrogen) atoms. The zero-order valence-electron chi connectivity index (χ0n) is 47.8. The monoisotopic (exact) mass is 1100 g/mol. The molecule has 0 amide bonds. The Morgan fingerprint density at radius 3 is 1.90 bits per heavy atom. The molecule has 2 fully saturated rings. The number of aromatic nitrogens is 5. The van der Waals surface area contributed by atoms with E-state index in [0.717, 1.165) is 87.2 Å². The first kappa shape index (κ1) is 64.8. The fourth-order valence-electron chi connectivity index (χ4n) is 9.97. The van der Waals surface area contributed by atoms with Crippen molar-refractivity contribution in [3.8, 4) is 5.75 Å². The zero-order valence-corrected chi connectivity index (χ0v) is 47.8. The highest BCUT2D eigenvalue weighted by Gasteiger charge is 2.35. The number of unbranched alkanes of at least 4 members (excludes halogenated alkanes) is 2. The van der Waals surface area contributed by atoms with Crippen LogP contribution in [0, 0.1) is 12.8 Å². The molecule has 2 aromatic carbocycles. The summed E-state index contributed by atoms with van der Waals surface area (Å²) in [6.45, 7) is 20.3. The van der Waals surface area contributed by atoms with E-state index < -0.39 is 5.92 Å². The number of aldehydes is 1. The molecule has 17 nitrogen and oxygen atoms in total. The van der Waals surface area contributed by atoms with E-state index in [1.807, 2.05) is 10.9 Å². The van der Waals surface area contributed by atoms with Crippen LogP contribution >= 0.6 is 0 Å². The lowest BCUT2D eigenvalue weighted by Gasteiger charge is -2.32. The number of likely N-dealkylation sites (tertiary alicyclic amines) is 1. The maximum Gasteiger partial charge on any atom is 0.248 e. The van der Waals surface area contributed by atoms with Crippen molar-refractivity contribution >= 4 is 17.3 Å². The van der Waals surface area contributed by atoms with Crippen LogP contribution < -0.4 is 10.1 Å². The van der Waals surface area contributed by atoms with Crippen LogP contribution in [-0.4, -0.2) is 180 Å². The van der Waals surface area contributed by atoms with E-state index in [-0.39, 0.29) is 18.8 Å². The average Bonchev–Trinajstić information content (AvgIpc) is 4.24. The number of ether oxygens (including phenoxy) is 9. The summed E-state index contributed by atoms with van der Waals surface area (Å²) in [7, 11) is 2.08. The van der Waals surface area contributed by atoms with Crippen molar-refractivity contribution in [1.82, 2.24) is 34.8 Å². The van der Waals surface area contributed by atoms with E-state index in [1.165, 1.54) is 23.9 Å². The van der Waals surface area contributed by atoms with Crippen LogP contribution in [0.2, 0.25) is 0 Å². The molecule has 440 valence electrons. The van der Waals surface area contributed by atoms with E-state index in [4.69, 9.17) is 47.6 Å². The maximum atomic E-state index is 12.4. The van der Waals surface area contributed by atoms with Crippen LogP contribution in [0.15, 0.2) is 54.7 Å². The lowest BCUT2D eigenvalue weighted by atomic mass is 9.88. The van der Waals surface area contributed by atoms with E-state index >= 15 is 0 Å². The third kappa shape index (κ3) is 25.2. The number of carbonyl (C=O) groups excluding carboxylic acids is 1. The lowest BCUT2D eigenvalue weighted by molar-refractivity contribution is -0.115. The van der Waals surface area contributed by atoms with Crippen LogP contribution in [0.1, 0.15) is 127 Å². The van der Waals surface area contributed by atoms with E-state index in [2.05, 4.69) is 108 Å². The molecule has 2 aliphatic rings. The molecule has 1 aliphatic heterocycles. The summed E-state index contributed by atoms with van der Waals surface area (Å²) >= 11 is 0. The Labute approximate surface area is 464 Å². The topological polar surface area (TPSA) is 164 Å². The van der Waals surface area contributed by atoms with Crippen molar-refractivity contribution in [2.24, 2.45) is 5.92 Å². The summed E-state index contributed by atoms with van der Waals surface area (Å²) in [6, 6.07) is 19.1. The Morgan fingerprint density at radius 1 is 0.731 bits per heavy atom. The quantitative estimate of drug-likeness (QED) is 0.0329. The first-order valence-electron chi connectivity index (χ1n) is 29.0. The van der Waals surface area contributed by atoms with Crippen molar-refractivity contribution in [2.75, 3.05) is 126 Å². The molecule has 1 N–H and O–H groups in total. The lowest BCUT2D eigenvalue weighted by Crippen LogP contribution is -2.38. The van der Waals surface area contributed by atoms with Crippen LogP contribution in [0.4, 0.5) is 8.78 Å². The van der Waals surface area contributed by atoms with Gasteiger partial charge in [-0.1, -0.05) is 48.9 Å². The molecule has 2 aromatic heterocycles. The normalized spacial score (nSPS) is 17.6. The molecule has 0 bridgehead atoms. The molecule has 1 aliphatic carbocycles. The van der Waals surface area contributed by atoms with Gasteiger partial charge < -0.3 is 57.3 Å². The smallest absolute Gasteiger partial charge is 0.248 e. The number of fused-ring (bicyclic) bond motifs is 1. The first-order valence-corrected chi connectivity index (χ1v) is 29.0. The van der Waals surface area contributed by atoms with Crippen molar-refractivity contribution in [3.05, 3.63) is 71.8 Å². The summed E-state index contributed by atoms with van der Waals surface area (Å²) < 4.78 is 79.6. The highest BCUT2D eigenvalue weighted by atomic mass is 19.3. The van der Waals surface area contributed by atoms with Gasteiger partial charge in [-0.2, -0.15) is 0 Å². The molecule has 6 rings (SSSR count). The number of benzene rings is 2. The molecular weight excluding hydrogens is 1000 g/mol. The van der Waals surface area contributed by atoms with Crippen LogP contribution in [0.25, 0.3) is 11.0 Å². The molecule has 0 spiro atoms. The minimum absolute atomic E-state index is 0.111. The fraction of sp³-hybridized carbons (Fsp3) is 0.729. The van der Waals surface area contributed by atoms with Crippen LogP contribution in [0.3, 0.4) is 0 Å². The second kappa shape index (κ2) is 38.6. The van der Waals surface area contributed by atoms with Gasteiger partial charge >= 0.3 is 0 Å². The van der Waals surface area contributed by atoms with Gasteiger partial charge in [-0.05, 0) is 110 Å². The first-order chi connectivity index (χ1) is 38.1. The Bertz CT molecular complexity index is 2140. The third-order valence-corrected chi connectivity index (χ3v) is 14.4. The van der Waals surface area contributed by atoms with Crippen molar-refractivity contribution in [1.29, 1.82) is 0 Å². The number of aryl methyl sites for hydroxylation is 2. The standard InChI is InChI=1S/C52H85N7O9.C7H10F2O/c1-6-7-23-60-26-28-62-30-32-64-34-36-66-38-39-67-37-35-65-33-31-63-29-27-61-25-22-57-42-47(55-56-57)15-11-12-24-68-49-18-19-52-51(41-49)54-45(4)59(52)44(3)40-48-17-16-43(2)58(48)21-20-50(53-5)46-13-9-8-10-14-46;8-7(9)3-1-6(5-10)2-4-7/h8-10,13-14,18-19,41-44,48,50,53H,6-7,11-12,15-17,20-40H2,1-5H3;5-6H,1-4H2. The Hall–Kier alpha value is -4.02. The molecule has 3 heterocycles. The van der Waals surface area contributed by atoms with Crippen LogP contribution in [-0.2, 0) is 55.7 Å². The molecule has 1 saturated carbocycles. The number of imidazole rings is 1. The Kier molecular flexibility index (Phi) is 32.1. The van der Waals surface area contributed by atoms with Gasteiger partial charge in [0.1, 0.15) is 17.9 Å². The van der Waals surface area contributed by atoms with Gasteiger partial charge in [-0.3, -0.25) is 4.90 Å². The predicted molar refractivity (Wildman–Crippen MR) is 299 cm³/mol. The van der Waals surface area contributed by atoms with Gasteiger partial charge in [0.05, 0.1) is 129 Å². The van der Waals surface area contributed by atoms with Crippen molar-refractivity contribution in [2.45, 2.75) is 148 Å². The molecule has 4 atom stereocenters. The van der Waals surface area contributed by atoms with Crippen LogP contribution in [0.5, 0.6) is 5.75 Å². The summed E-state index contributed by atoms with van der Waals surface area (Å²) in [5.74, 6) is -0.693. The number of hydrogen-bond donors (Lipinski definition) is 1. The molecule has 19 heteroatoms. The Morgan fingerprint density at radius 2 is 1.32 bits per heavy atom. The SMILES string of the molecule is CCCCOCCOCCOCCOCCOCCOCCOCCOCCn1cc(CCCCOc2ccc3c(c2)nc(C)n3C(C)CC2CCC(C)N2CCC(NC)c2ccccc2)nn1.O=CC1CCC(F)(F)CC1. The van der Waals surface area contributed by atoms with Gasteiger partial charge in [0.2, 0.25) is 5.92 Å².